The number of aromatic nitrogens is 3. The highest BCUT2D eigenvalue weighted by Crippen LogP contribution is 2.33. The minimum atomic E-state index is -2.94. The lowest BCUT2D eigenvalue weighted by molar-refractivity contribution is 0.599. The quantitative estimate of drug-likeness (QED) is 0.820. The molecular weight excluding hydrogens is 338 g/mol. The van der Waals surface area contributed by atoms with Crippen LogP contribution in [-0.4, -0.2) is 54.2 Å². The number of nitrogens with zero attached hydrogens (tertiary/aromatic N) is 5. The number of rotatable bonds is 4. The summed E-state index contributed by atoms with van der Waals surface area (Å²) < 4.78 is 23.6. The molecule has 0 amide bonds. The largest absolute Gasteiger partial charge is 0.351 e. The Morgan fingerprint density at radius 1 is 1.32 bits per heavy atom. The summed E-state index contributed by atoms with van der Waals surface area (Å²) in [6, 6.07) is 8.20. The number of hydrogen-bond acceptors (Lipinski definition) is 7. The van der Waals surface area contributed by atoms with Crippen molar-refractivity contribution in [3.05, 3.63) is 36.0 Å². The monoisotopic (exact) mass is 359 g/mol. The maximum Gasteiger partial charge on any atom is 0.251 e. The van der Waals surface area contributed by atoms with Gasteiger partial charge in [0, 0.05) is 24.8 Å². The van der Waals surface area contributed by atoms with Gasteiger partial charge in [-0.1, -0.05) is 18.2 Å². The van der Waals surface area contributed by atoms with E-state index in [0.29, 0.717) is 24.7 Å². The van der Waals surface area contributed by atoms with Crippen molar-refractivity contribution in [2.75, 3.05) is 34.4 Å². The van der Waals surface area contributed by atoms with Gasteiger partial charge in [0.25, 0.3) is 5.95 Å². The van der Waals surface area contributed by atoms with Gasteiger partial charge in [-0.3, -0.25) is 0 Å². The smallest absolute Gasteiger partial charge is 0.251 e. The van der Waals surface area contributed by atoms with Crippen LogP contribution in [0.15, 0.2) is 30.5 Å². The van der Waals surface area contributed by atoms with Crippen molar-refractivity contribution in [2.24, 2.45) is 0 Å². The second kappa shape index (κ2) is 6.25. The van der Waals surface area contributed by atoms with Crippen LogP contribution in [0.2, 0.25) is 0 Å². The lowest BCUT2D eigenvalue weighted by atomic mass is 10.2. The maximum absolute atomic E-state index is 11.8. The van der Waals surface area contributed by atoms with Crippen LogP contribution < -0.4 is 9.80 Å². The van der Waals surface area contributed by atoms with Crippen LogP contribution in [0.5, 0.6) is 0 Å². The Hall–Kier alpha value is -2.22. The number of anilines is 3. The average Bonchev–Trinajstić information content (AvgIpc) is 3.19. The minimum Gasteiger partial charge on any atom is -0.351 e. The summed E-state index contributed by atoms with van der Waals surface area (Å²) in [5.41, 5.74) is 2.40. The Morgan fingerprint density at radius 3 is 2.92 bits per heavy atom. The summed E-state index contributed by atoms with van der Waals surface area (Å²) in [4.78, 5) is 8.81. The summed E-state index contributed by atoms with van der Waals surface area (Å²) in [5.74, 6) is 1.70. The molecule has 0 radical (unpaired) electrons. The van der Waals surface area contributed by atoms with Crippen LogP contribution in [0.25, 0.3) is 0 Å². The molecule has 0 N–H and O–H groups in total. The van der Waals surface area contributed by atoms with Crippen molar-refractivity contribution >= 4 is 27.3 Å². The fourth-order valence-corrected chi connectivity index (χ4v) is 5.44. The molecule has 25 heavy (non-hydrogen) atoms. The van der Waals surface area contributed by atoms with Crippen LogP contribution in [0.3, 0.4) is 0 Å². The molecule has 0 spiro atoms. The van der Waals surface area contributed by atoms with Crippen molar-refractivity contribution in [1.29, 1.82) is 0 Å². The van der Waals surface area contributed by atoms with Crippen LogP contribution in [-0.2, 0) is 16.3 Å². The van der Waals surface area contributed by atoms with E-state index in [0.717, 1.165) is 18.7 Å². The van der Waals surface area contributed by atoms with Crippen molar-refractivity contribution in [2.45, 2.75) is 25.8 Å². The number of para-hydroxylation sites is 1. The van der Waals surface area contributed by atoms with Crippen LogP contribution >= 0.6 is 0 Å². The van der Waals surface area contributed by atoms with E-state index >= 15 is 0 Å². The molecule has 1 aromatic carbocycles. The Balaban J connectivity index is 1.63. The van der Waals surface area contributed by atoms with Gasteiger partial charge in [-0.05, 0) is 31.4 Å². The fourth-order valence-electron chi connectivity index (χ4n) is 3.71. The molecule has 2 aliphatic heterocycles. The molecule has 8 heteroatoms. The summed E-state index contributed by atoms with van der Waals surface area (Å²) in [5, 5.41) is 8.35. The van der Waals surface area contributed by atoms with Crippen molar-refractivity contribution in [3.63, 3.8) is 0 Å². The van der Waals surface area contributed by atoms with Gasteiger partial charge in [0.05, 0.1) is 17.7 Å². The fraction of sp³-hybridized carbons (Fsp3) is 0.471. The highest BCUT2D eigenvalue weighted by Gasteiger charge is 2.33. The van der Waals surface area contributed by atoms with Crippen molar-refractivity contribution < 1.29 is 8.42 Å². The Kier molecular flexibility index (Phi) is 4.07. The predicted molar refractivity (Wildman–Crippen MR) is 97.1 cm³/mol. The molecule has 1 atom stereocenters. The second-order valence-electron chi connectivity index (χ2n) is 6.49. The van der Waals surface area contributed by atoms with Crippen LogP contribution in [0.4, 0.5) is 17.5 Å². The summed E-state index contributed by atoms with van der Waals surface area (Å²) in [6.45, 7) is 3.53. The zero-order valence-electron chi connectivity index (χ0n) is 14.2. The third kappa shape index (κ3) is 3.06. The van der Waals surface area contributed by atoms with E-state index in [1.165, 1.54) is 5.56 Å². The molecule has 1 saturated heterocycles. The van der Waals surface area contributed by atoms with Gasteiger partial charge in [0.2, 0.25) is 0 Å². The lowest BCUT2D eigenvalue weighted by Crippen LogP contribution is -2.37. The summed E-state index contributed by atoms with van der Waals surface area (Å²) in [6.07, 6.45) is 3.23. The molecule has 2 aromatic rings. The topological polar surface area (TPSA) is 79.3 Å². The molecule has 132 valence electrons. The third-order valence-corrected chi connectivity index (χ3v) is 6.70. The molecule has 2 aliphatic rings. The zero-order chi connectivity index (χ0) is 17.4. The zero-order valence-corrected chi connectivity index (χ0v) is 15.0. The number of hydrogen-bond donors (Lipinski definition) is 0. The SMILES string of the molecule is CCN(c1cnnc(N2CCc3ccccc32)n1)C1CCS(=O)(=O)C1. The van der Waals surface area contributed by atoms with E-state index in [4.69, 9.17) is 4.98 Å². The van der Waals surface area contributed by atoms with Gasteiger partial charge in [-0.15, -0.1) is 5.10 Å². The van der Waals surface area contributed by atoms with Gasteiger partial charge in [0.1, 0.15) is 0 Å². The lowest BCUT2D eigenvalue weighted by Gasteiger charge is -2.28. The van der Waals surface area contributed by atoms with E-state index in [9.17, 15) is 8.42 Å². The number of fused-ring (bicyclic) bond motifs is 1. The number of sulfone groups is 1. The van der Waals surface area contributed by atoms with E-state index < -0.39 is 9.84 Å². The Bertz CT molecular complexity index is 886. The second-order valence-corrected chi connectivity index (χ2v) is 8.72. The predicted octanol–water partition coefficient (Wildman–Crippen LogP) is 1.58. The third-order valence-electron chi connectivity index (χ3n) is 4.95. The van der Waals surface area contributed by atoms with E-state index in [-0.39, 0.29) is 17.5 Å². The van der Waals surface area contributed by atoms with E-state index in [2.05, 4.69) is 27.2 Å². The standard InChI is InChI=1S/C17H21N5O2S/c1-2-21(14-8-10-25(23,24)12-14)16-11-18-20-17(19-16)22-9-7-13-5-3-4-6-15(13)22/h3-6,11,14H,2,7-10,12H2,1H3. The van der Waals surface area contributed by atoms with Crippen molar-refractivity contribution in [3.8, 4) is 0 Å². The van der Waals surface area contributed by atoms with Crippen LogP contribution in [0, 0.1) is 0 Å². The van der Waals surface area contributed by atoms with Crippen molar-refractivity contribution in [1.82, 2.24) is 15.2 Å². The molecule has 4 rings (SSSR count). The molecule has 0 bridgehead atoms. The van der Waals surface area contributed by atoms with Gasteiger partial charge >= 0.3 is 0 Å². The first-order valence-corrected chi connectivity index (χ1v) is 10.4. The molecule has 1 unspecified atom stereocenters. The molecule has 3 heterocycles. The molecule has 0 saturated carbocycles. The summed E-state index contributed by atoms with van der Waals surface area (Å²) in [7, 11) is -2.94. The normalized spacial score (nSPS) is 21.3. The minimum absolute atomic E-state index is 0.0367. The van der Waals surface area contributed by atoms with Gasteiger partial charge in [-0.2, -0.15) is 10.1 Å². The molecule has 0 aliphatic carbocycles. The Labute approximate surface area is 147 Å². The molecule has 1 fully saturated rings. The molecular formula is C17H21N5O2S. The first-order chi connectivity index (χ1) is 12.1. The highest BCUT2D eigenvalue weighted by atomic mass is 32.2. The average molecular weight is 359 g/mol. The van der Waals surface area contributed by atoms with Gasteiger partial charge < -0.3 is 9.80 Å². The van der Waals surface area contributed by atoms with E-state index in [1.54, 1.807) is 6.20 Å². The number of benzene rings is 1. The molecule has 1 aromatic heterocycles. The highest BCUT2D eigenvalue weighted by molar-refractivity contribution is 7.91. The molecule has 7 nitrogen and oxygen atoms in total. The summed E-state index contributed by atoms with van der Waals surface area (Å²) >= 11 is 0. The van der Waals surface area contributed by atoms with Crippen LogP contribution in [0.1, 0.15) is 18.9 Å². The Morgan fingerprint density at radius 2 is 2.16 bits per heavy atom. The maximum atomic E-state index is 11.8. The van der Waals surface area contributed by atoms with Gasteiger partial charge in [-0.25, -0.2) is 8.42 Å². The van der Waals surface area contributed by atoms with Gasteiger partial charge in [0.15, 0.2) is 15.7 Å². The first kappa shape index (κ1) is 16.3. The first-order valence-electron chi connectivity index (χ1n) is 8.59. The van der Waals surface area contributed by atoms with E-state index in [1.807, 2.05) is 24.0 Å².